The normalized spacial score (nSPS) is 8.76. The highest BCUT2D eigenvalue weighted by Crippen LogP contribution is 1.99. The molecule has 21 heavy (non-hydrogen) atoms. The Morgan fingerprint density at radius 2 is 0.619 bits per heavy atom. The van der Waals surface area contributed by atoms with Gasteiger partial charge in [-0.2, -0.15) is 0 Å². The lowest BCUT2D eigenvalue weighted by atomic mass is 10.2. The van der Waals surface area contributed by atoms with Crippen LogP contribution >= 0.6 is 0 Å². The third kappa shape index (κ3) is 32.0. The number of carbonyl (C=O) groups is 4. The van der Waals surface area contributed by atoms with Gasteiger partial charge in [0.15, 0.2) is 0 Å². The van der Waals surface area contributed by atoms with Crippen molar-refractivity contribution in [2.24, 2.45) is 0 Å². The summed E-state index contributed by atoms with van der Waals surface area (Å²) in [6, 6.07) is 0. The number of carboxylic acid groups (broad SMARTS) is 4. The fourth-order valence-corrected chi connectivity index (χ4v) is 1.10. The summed E-state index contributed by atoms with van der Waals surface area (Å²) in [6.45, 7) is 0. The molecule has 0 saturated carbocycles. The summed E-state index contributed by atoms with van der Waals surface area (Å²) in [6.07, 6.45) is 2.04. The van der Waals surface area contributed by atoms with E-state index in [1.165, 1.54) is 0 Å². The number of hydrogen-bond acceptors (Lipinski definition) is 4. The molecule has 0 bridgehead atoms. The minimum atomic E-state index is -0.870. The molecule has 0 aliphatic heterocycles. The van der Waals surface area contributed by atoms with E-state index in [0.717, 1.165) is 0 Å². The molecule has 0 atom stereocenters. The zero-order valence-electron chi connectivity index (χ0n) is 11.7. The van der Waals surface area contributed by atoms with Crippen molar-refractivity contribution in [3.63, 3.8) is 0 Å². The molecule has 119 valence electrons. The first kappa shape index (κ1) is 24.0. The number of aliphatic carboxylic acids is 4. The van der Waals surface area contributed by atoms with Gasteiger partial charge in [0.2, 0.25) is 0 Å². The van der Waals surface area contributed by atoms with E-state index in [1.807, 2.05) is 0 Å². The van der Waals surface area contributed by atoms with Gasteiger partial charge in [-0.05, 0) is 25.7 Å². The van der Waals surface area contributed by atoms with E-state index >= 15 is 0 Å². The summed E-state index contributed by atoms with van der Waals surface area (Å²) in [4.78, 5) is 39.6. The molecule has 8 nitrogen and oxygen atoms in total. The molecule has 4 N–H and O–H groups in total. The molecule has 0 saturated heterocycles. The van der Waals surface area contributed by atoms with Crippen LogP contribution < -0.4 is 0 Å². The quantitative estimate of drug-likeness (QED) is 0.345. The van der Waals surface area contributed by atoms with Crippen molar-refractivity contribution in [1.82, 2.24) is 0 Å². The van der Waals surface area contributed by atoms with Gasteiger partial charge < -0.3 is 20.4 Å². The Bertz CT molecular complexity index is 265. The van der Waals surface area contributed by atoms with Crippen LogP contribution in [0.3, 0.4) is 0 Å². The first-order valence-electron chi connectivity index (χ1n) is 6.13. The van der Waals surface area contributed by atoms with E-state index in [1.54, 1.807) is 0 Å². The topological polar surface area (TPSA) is 149 Å². The van der Waals surface area contributed by atoms with Gasteiger partial charge in [0, 0.05) is 34.1 Å². The monoisotopic (exact) mass is 303 g/mol. The minimum Gasteiger partial charge on any atom is -0.481 e. The van der Waals surface area contributed by atoms with Crippen molar-refractivity contribution in [3.05, 3.63) is 0 Å². The summed E-state index contributed by atoms with van der Waals surface area (Å²) in [5.41, 5.74) is 0. The third-order valence-electron chi connectivity index (χ3n) is 2.06. The molecule has 0 fully saturated rings. The van der Waals surface area contributed by atoms with Crippen LogP contribution in [0.1, 0.15) is 51.4 Å². The van der Waals surface area contributed by atoms with Crippen molar-refractivity contribution in [1.29, 1.82) is 0 Å². The number of rotatable bonds is 10. The Kier molecular flexibility index (Phi) is 18.3. The van der Waals surface area contributed by atoms with Gasteiger partial charge in [0.05, 0.1) is 0 Å². The Balaban J connectivity index is -0.000000295. The molecule has 0 aliphatic carbocycles. The highest BCUT2D eigenvalue weighted by Gasteiger charge is 1.99. The predicted octanol–water partition coefficient (Wildman–Crippen LogP) is 1.05. The first-order valence-corrected chi connectivity index (χ1v) is 6.13. The van der Waals surface area contributed by atoms with E-state index in [9.17, 15) is 19.2 Å². The fourth-order valence-electron chi connectivity index (χ4n) is 1.10. The van der Waals surface area contributed by atoms with E-state index in [0.29, 0.717) is 25.7 Å². The molecule has 0 aromatic heterocycles. The predicted molar refractivity (Wildman–Crippen MR) is 73.2 cm³/mol. The van der Waals surface area contributed by atoms with E-state index in [4.69, 9.17) is 20.4 Å². The lowest BCUT2D eigenvalue weighted by Gasteiger charge is -1.92. The largest absolute Gasteiger partial charge is 0.481 e. The van der Waals surface area contributed by atoms with Gasteiger partial charge >= 0.3 is 23.9 Å². The Morgan fingerprint density at radius 3 is 0.714 bits per heavy atom. The molecule has 0 heterocycles. The minimum absolute atomic E-state index is 0. The van der Waals surface area contributed by atoms with Gasteiger partial charge in [0.1, 0.15) is 0 Å². The molecular weight excluding hydrogens is 283 g/mol. The SMILES string of the molecule is O=C(O)CCCCC(=O)O.O=C(O)CCCCC(=O)O.[B]. The third-order valence-corrected chi connectivity index (χ3v) is 2.06. The van der Waals surface area contributed by atoms with Crippen LogP contribution in [0.2, 0.25) is 0 Å². The maximum Gasteiger partial charge on any atom is 0.303 e. The summed E-state index contributed by atoms with van der Waals surface area (Å²) in [7, 11) is 0. The molecular formula is C12H20BO8. The summed E-state index contributed by atoms with van der Waals surface area (Å²) >= 11 is 0. The molecule has 9 heteroatoms. The number of carboxylic acids is 4. The lowest BCUT2D eigenvalue weighted by molar-refractivity contribution is -0.139. The highest BCUT2D eigenvalue weighted by atomic mass is 16.4. The molecule has 0 aliphatic rings. The maximum atomic E-state index is 9.90. The maximum absolute atomic E-state index is 9.90. The van der Waals surface area contributed by atoms with Crippen molar-refractivity contribution < 1.29 is 39.6 Å². The molecule has 0 unspecified atom stereocenters. The number of unbranched alkanes of at least 4 members (excludes halogenated alkanes) is 2. The summed E-state index contributed by atoms with van der Waals surface area (Å²) in [5, 5.41) is 32.5. The van der Waals surface area contributed by atoms with Crippen LogP contribution in [-0.4, -0.2) is 52.7 Å². The number of hydrogen-bond donors (Lipinski definition) is 4. The molecule has 0 spiro atoms. The van der Waals surface area contributed by atoms with Crippen LogP contribution in [0.5, 0.6) is 0 Å². The first-order chi connectivity index (χ1) is 9.25. The van der Waals surface area contributed by atoms with Gasteiger partial charge in [-0.3, -0.25) is 19.2 Å². The highest BCUT2D eigenvalue weighted by molar-refractivity contribution is 5.75. The van der Waals surface area contributed by atoms with Crippen LogP contribution in [0, 0.1) is 0 Å². The Labute approximate surface area is 124 Å². The second-order valence-electron chi connectivity index (χ2n) is 3.99. The average molecular weight is 303 g/mol. The van der Waals surface area contributed by atoms with Gasteiger partial charge in [0.25, 0.3) is 0 Å². The second kappa shape index (κ2) is 16.0. The van der Waals surface area contributed by atoms with Crippen molar-refractivity contribution >= 4 is 32.3 Å². The lowest BCUT2D eigenvalue weighted by Crippen LogP contribution is -1.97. The van der Waals surface area contributed by atoms with Crippen molar-refractivity contribution in [2.75, 3.05) is 0 Å². The van der Waals surface area contributed by atoms with Gasteiger partial charge in [-0.15, -0.1) is 0 Å². The standard InChI is InChI=1S/2C6H10O4.B/c2*7-5(8)3-1-2-4-6(9)10;/h2*1-4H2,(H,7,8)(H,9,10);. The Morgan fingerprint density at radius 1 is 0.476 bits per heavy atom. The van der Waals surface area contributed by atoms with E-state index < -0.39 is 23.9 Å². The van der Waals surface area contributed by atoms with Gasteiger partial charge in [-0.25, -0.2) is 0 Å². The second-order valence-corrected chi connectivity index (χ2v) is 3.99. The van der Waals surface area contributed by atoms with Gasteiger partial charge in [-0.1, -0.05) is 0 Å². The molecule has 0 aromatic rings. The van der Waals surface area contributed by atoms with E-state index in [2.05, 4.69) is 0 Å². The van der Waals surface area contributed by atoms with Crippen LogP contribution in [0.4, 0.5) is 0 Å². The zero-order valence-corrected chi connectivity index (χ0v) is 11.7. The molecule has 0 aromatic carbocycles. The smallest absolute Gasteiger partial charge is 0.303 e. The average Bonchev–Trinajstić information content (AvgIpc) is 2.30. The van der Waals surface area contributed by atoms with Crippen LogP contribution in [0.25, 0.3) is 0 Å². The molecule has 3 radical (unpaired) electrons. The van der Waals surface area contributed by atoms with E-state index in [-0.39, 0.29) is 34.1 Å². The molecule has 0 amide bonds. The van der Waals surface area contributed by atoms with Crippen molar-refractivity contribution in [3.8, 4) is 0 Å². The van der Waals surface area contributed by atoms with Crippen LogP contribution in [0.15, 0.2) is 0 Å². The Hall–Kier alpha value is -2.06. The summed E-state index contributed by atoms with van der Waals surface area (Å²) < 4.78 is 0. The summed E-state index contributed by atoms with van der Waals surface area (Å²) in [5.74, 6) is -3.48. The fraction of sp³-hybridized carbons (Fsp3) is 0.667. The molecule has 0 rings (SSSR count). The zero-order chi connectivity index (χ0) is 16.0. The van der Waals surface area contributed by atoms with Crippen LogP contribution in [-0.2, 0) is 19.2 Å². The van der Waals surface area contributed by atoms with Crippen molar-refractivity contribution in [2.45, 2.75) is 51.4 Å².